The lowest BCUT2D eigenvalue weighted by molar-refractivity contribution is 0.198. The number of benzene rings is 2. The van der Waals surface area contributed by atoms with Crippen molar-refractivity contribution in [1.82, 2.24) is 0 Å². The van der Waals surface area contributed by atoms with Gasteiger partial charge in [-0.3, -0.25) is 0 Å². The van der Waals surface area contributed by atoms with Gasteiger partial charge < -0.3 is 14.6 Å². The number of hydrogen-bond donors (Lipinski definition) is 1. The maximum atomic E-state index is 9.58. The van der Waals surface area contributed by atoms with Crippen molar-refractivity contribution in [3.63, 3.8) is 0 Å². The van der Waals surface area contributed by atoms with Gasteiger partial charge in [-0.1, -0.05) is 35.3 Å². The molecule has 0 spiro atoms. The highest BCUT2D eigenvalue weighted by atomic mass is 35.5. The van der Waals surface area contributed by atoms with E-state index in [1.165, 1.54) is 0 Å². The zero-order chi connectivity index (χ0) is 15.4. The van der Waals surface area contributed by atoms with E-state index in [2.05, 4.69) is 0 Å². The van der Waals surface area contributed by atoms with Crippen molar-refractivity contribution in [2.75, 3.05) is 7.11 Å². The molecule has 3 nitrogen and oxygen atoms in total. The second kappa shape index (κ2) is 7.03. The van der Waals surface area contributed by atoms with Crippen LogP contribution in [0.3, 0.4) is 0 Å². The quantitative estimate of drug-likeness (QED) is 0.870. The van der Waals surface area contributed by atoms with Crippen LogP contribution in [-0.2, 0) is 6.61 Å². The second-order valence-electron chi connectivity index (χ2n) is 4.61. The summed E-state index contributed by atoms with van der Waals surface area (Å²) in [4.78, 5) is 0. The van der Waals surface area contributed by atoms with Crippen LogP contribution in [0.5, 0.6) is 11.5 Å². The lowest BCUT2D eigenvalue weighted by atomic mass is 10.1. The molecule has 0 saturated heterocycles. The Morgan fingerprint density at radius 2 is 1.86 bits per heavy atom. The van der Waals surface area contributed by atoms with Crippen LogP contribution in [0.4, 0.5) is 0 Å². The fourth-order valence-corrected chi connectivity index (χ4v) is 2.32. The molecule has 0 aliphatic carbocycles. The summed E-state index contributed by atoms with van der Waals surface area (Å²) in [5, 5.41) is 10.7. The molecular formula is C16H16Cl2O3. The third-order valence-corrected chi connectivity index (χ3v) is 3.66. The van der Waals surface area contributed by atoms with Gasteiger partial charge in [0.25, 0.3) is 0 Å². The van der Waals surface area contributed by atoms with E-state index in [-0.39, 0.29) is 0 Å². The molecule has 1 N–H and O–H groups in total. The molecule has 0 fully saturated rings. The molecule has 0 aliphatic rings. The number of halogens is 2. The summed E-state index contributed by atoms with van der Waals surface area (Å²) in [6.07, 6.45) is -0.557. The first-order chi connectivity index (χ1) is 10.0. The summed E-state index contributed by atoms with van der Waals surface area (Å²) >= 11 is 12.0. The van der Waals surface area contributed by atoms with Crippen molar-refractivity contribution >= 4 is 23.2 Å². The third-order valence-electron chi connectivity index (χ3n) is 3.07. The van der Waals surface area contributed by atoms with Crippen LogP contribution in [0.1, 0.15) is 24.2 Å². The van der Waals surface area contributed by atoms with Crippen LogP contribution in [0.2, 0.25) is 10.0 Å². The Hall–Kier alpha value is -1.42. The number of hydrogen-bond acceptors (Lipinski definition) is 3. The maximum Gasteiger partial charge on any atom is 0.161 e. The van der Waals surface area contributed by atoms with Crippen LogP contribution in [-0.4, -0.2) is 12.2 Å². The topological polar surface area (TPSA) is 38.7 Å². The molecular weight excluding hydrogens is 311 g/mol. The van der Waals surface area contributed by atoms with Crippen molar-refractivity contribution in [2.24, 2.45) is 0 Å². The molecule has 1 atom stereocenters. The Labute approximate surface area is 134 Å². The molecule has 0 heterocycles. The first-order valence-electron chi connectivity index (χ1n) is 6.44. The van der Waals surface area contributed by atoms with Gasteiger partial charge in [-0.15, -0.1) is 0 Å². The summed E-state index contributed by atoms with van der Waals surface area (Å²) in [6, 6.07) is 10.6. The van der Waals surface area contributed by atoms with Gasteiger partial charge in [-0.25, -0.2) is 0 Å². The van der Waals surface area contributed by atoms with Gasteiger partial charge in [0.15, 0.2) is 11.5 Å². The molecule has 5 heteroatoms. The van der Waals surface area contributed by atoms with E-state index in [1.807, 2.05) is 6.07 Å². The monoisotopic (exact) mass is 326 g/mol. The molecule has 21 heavy (non-hydrogen) atoms. The van der Waals surface area contributed by atoms with Crippen LogP contribution >= 0.6 is 23.2 Å². The van der Waals surface area contributed by atoms with Gasteiger partial charge >= 0.3 is 0 Å². The summed E-state index contributed by atoms with van der Waals surface area (Å²) in [7, 11) is 1.56. The van der Waals surface area contributed by atoms with E-state index in [9.17, 15) is 5.11 Å². The van der Waals surface area contributed by atoms with Gasteiger partial charge in [0, 0.05) is 15.6 Å². The Morgan fingerprint density at radius 3 is 2.48 bits per heavy atom. The number of rotatable bonds is 5. The van der Waals surface area contributed by atoms with Crippen LogP contribution in [0.25, 0.3) is 0 Å². The minimum atomic E-state index is -0.557. The van der Waals surface area contributed by atoms with E-state index in [0.717, 1.165) is 11.1 Å². The van der Waals surface area contributed by atoms with E-state index in [4.69, 9.17) is 32.7 Å². The molecule has 0 bridgehead atoms. The molecule has 0 saturated carbocycles. The summed E-state index contributed by atoms with van der Waals surface area (Å²) in [5.74, 6) is 1.16. The lowest BCUT2D eigenvalue weighted by Gasteiger charge is -2.14. The van der Waals surface area contributed by atoms with E-state index in [0.29, 0.717) is 28.2 Å². The SMILES string of the molecule is COc1cc([C@@H](C)O)ccc1OCc1ccc(Cl)cc1Cl. The zero-order valence-corrected chi connectivity index (χ0v) is 13.3. The third kappa shape index (κ3) is 4.03. The minimum absolute atomic E-state index is 0.306. The normalized spacial score (nSPS) is 12.0. The summed E-state index contributed by atoms with van der Waals surface area (Å²) in [5.41, 5.74) is 1.60. The predicted molar refractivity (Wildman–Crippen MR) is 84.4 cm³/mol. The van der Waals surface area contributed by atoms with Crippen LogP contribution in [0.15, 0.2) is 36.4 Å². The molecule has 2 rings (SSSR count). The van der Waals surface area contributed by atoms with E-state index < -0.39 is 6.10 Å². The molecule has 0 aliphatic heterocycles. The summed E-state index contributed by atoms with van der Waals surface area (Å²) < 4.78 is 11.0. The Morgan fingerprint density at radius 1 is 1.10 bits per heavy atom. The molecule has 0 amide bonds. The molecule has 0 radical (unpaired) electrons. The number of methoxy groups -OCH3 is 1. The molecule has 2 aromatic carbocycles. The van der Waals surface area contributed by atoms with Crippen LogP contribution < -0.4 is 9.47 Å². The van der Waals surface area contributed by atoms with E-state index >= 15 is 0 Å². The van der Waals surface area contributed by atoms with Gasteiger partial charge in [0.2, 0.25) is 0 Å². The van der Waals surface area contributed by atoms with Gasteiger partial charge in [0.1, 0.15) is 6.61 Å². The largest absolute Gasteiger partial charge is 0.493 e. The minimum Gasteiger partial charge on any atom is -0.493 e. The van der Waals surface area contributed by atoms with Crippen LogP contribution in [0, 0.1) is 0 Å². The van der Waals surface area contributed by atoms with Gasteiger partial charge in [-0.05, 0) is 36.8 Å². The number of aliphatic hydroxyl groups is 1. The molecule has 2 aromatic rings. The van der Waals surface area contributed by atoms with Gasteiger partial charge in [0.05, 0.1) is 13.2 Å². The first-order valence-corrected chi connectivity index (χ1v) is 7.19. The van der Waals surface area contributed by atoms with Crippen molar-refractivity contribution in [1.29, 1.82) is 0 Å². The zero-order valence-electron chi connectivity index (χ0n) is 11.8. The molecule has 0 unspecified atom stereocenters. The van der Waals surface area contributed by atoms with Crippen molar-refractivity contribution < 1.29 is 14.6 Å². The van der Waals surface area contributed by atoms with Crippen molar-refractivity contribution in [3.8, 4) is 11.5 Å². The Kier molecular flexibility index (Phi) is 5.34. The van der Waals surface area contributed by atoms with Gasteiger partial charge in [-0.2, -0.15) is 0 Å². The van der Waals surface area contributed by atoms with E-state index in [1.54, 1.807) is 44.4 Å². The average molecular weight is 327 g/mol. The molecule has 0 aromatic heterocycles. The summed E-state index contributed by atoms with van der Waals surface area (Å²) in [6.45, 7) is 2.00. The highest BCUT2D eigenvalue weighted by molar-refractivity contribution is 6.35. The first kappa shape index (κ1) is 16.0. The Balaban J connectivity index is 2.16. The standard InChI is InChI=1S/C16H16Cl2O3/c1-10(19)11-4-6-15(16(7-11)20-2)21-9-12-3-5-13(17)8-14(12)18/h3-8,10,19H,9H2,1-2H3/t10-/m1/s1. The average Bonchev–Trinajstić information content (AvgIpc) is 2.46. The number of ether oxygens (including phenoxy) is 2. The predicted octanol–water partition coefficient (Wildman–Crippen LogP) is 4.63. The fraction of sp³-hybridized carbons (Fsp3) is 0.250. The smallest absolute Gasteiger partial charge is 0.161 e. The maximum absolute atomic E-state index is 9.58. The van der Waals surface area contributed by atoms with Crippen molar-refractivity contribution in [3.05, 3.63) is 57.6 Å². The lowest BCUT2D eigenvalue weighted by Crippen LogP contribution is -2.00. The highest BCUT2D eigenvalue weighted by Gasteiger charge is 2.10. The second-order valence-corrected chi connectivity index (χ2v) is 5.45. The van der Waals surface area contributed by atoms with Crippen molar-refractivity contribution in [2.45, 2.75) is 19.6 Å². The fourth-order valence-electron chi connectivity index (χ4n) is 1.86. The molecule has 112 valence electrons. The Bertz CT molecular complexity index is 627. The number of aliphatic hydroxyl groups excluding tert-OH is 1. The highest BCUT2D eigenvalue weighted by Crippen LogP contribution is 2.31.